The van der Waals surface area contributed by atoms with Crippen LogP contribution in [0.15, 0.2) is 251 Å². The van der Waals surface area contributed by atoms with Crippen molar-refractivity contribution in [3.8, 4) is 96.1 Å². The second-order valence-electron chi connectivity index (χ2n) is 33.3. The molecule has 7 unspecified atom stereocenters. The van der Waals surface area contributed by atoms with Gasteiger partial charge in [0.15, 0.2) is 0 Å². The van der Waals surface area contributed by atoms with Crippen LogP contribution in [-0.2, 0) is 102 Å². The fourth-order valence-corrected chi connectivity index (χ4v) is 17.7. The van der Waals surface area contributed by atoms with E-state index in [2.05, 4.69) is 69.8 Å². The Balaban J connectivity index is 0.000000110. The monoisotopic (exact) mass is 1840 g/mol. The zero-order valence-electron chi connectivity index (χ0n) is 73.6. The summed E-state index contributed by atoms with van der Waals surface area (Å²) in [6.45, 7) is 5.68. The molecule has 7 aromatic heterocycles. The van der Waals surface area contributed by atoms with E-state index in [0.29, 0.717) is 120 Å². The summed E-state index contributed by atoms with van der Waals surface area (Å²) < 4.78 is 37.9. The fraction of sp³-hybridized carbons (Fsp3) is 0.234. The zero-order valence-corrected chi connectivity index (χ0v) is 74.4. The molecule has 7 atom stereocenters. The standard InChI is InChI=1S/2C17H16N2O3.C15H11ClN2O2.2C15H12N2O2.2C14H13NO2/c2*20-16-9-22-8-14-12(6-18-7-13(14)16)10-1-3-15-11(5-10)2-4-17(21)19-15;16-14-3-9(1-2-10(14)4-17)11-5-18-6-12-13(11)7-20-8-15(12)19;2*16-5-10-1-3-11(4-2-10)12-6-17-7-13-14(12)8-19-9-15(13)18;2*16-14-9-17-8-13-11(6-15-7-12(13)14)10-4-2-1-3-5-10/h2*1,3,5-7,16,20H,2,4,8-9H2,(H,19,21);1-3,5-6,15,19H,7-8H2;2*1-4,6-7,15,18H,8-9H2;2*1-7,14,16H,8-9H2. The van der Waals surface area contributed by atoms with E-state index in [-0.39, 0.29) is 18.4 Å². The Morgan fingerprint density at radius 1 is 0.279 bits per heavy atom. The summed E-state index contributed by atoms with van der Waals surface area (Å²) in [4.78, 5) is 52.4. The number of fused-ring (bicyclic) bond motifs is 9. The maximum atomic E-state index is 11.4. The highest BCUT2D eigenvalue weighted by molar-refractivity contribution is 6.32. The summed E-state index contributed by atoms with van der Waals surface area (Å²) >= 11 is 6.07. The fourth-order valence-electron chi connectivity index (χ4n) is 17.5. The van der Waals surface area contributed by atoms with E-state index >= 15 is 0 Å². The van der Waals surface area contributed by atoms with E-state index in [0.717, 1.165) is 191 Å². The average molecular weight is 1840 g/mol. The third-order valence-corrected chi connectivity index (χ3v) is 25.0. The van der Waals surface area contributed by atoms with Gasteiger partial charge < -0.3 is 79.5 Å². The first-order chi connectivity index (χ1) is 66.4. The van der Waals surface area contributed by atoms with Crippen LogP contribution in [0.1, 0.15) is 161 Å². The molecule has 29 heteroatoms. The van der Waals surface area contributed by atoms with Gasteiger partial charge in [0.2, 0.25) is 11.8 Å². The summed E-state index contributed by atoms with van der Waals surface area (Å²) in [6.07, 6.45) is 22.7. The molecule has 684 valence electrons. The molecule has 28 nitrogen and oxygen atoms in total. The molecule has 0 aliphatic carbocycles. The molecule has 136 heavy (non-hydrogen) atoms. The number of carbonyl (C=O) groups excluding carboxylic acids is 2. The molecule has 16 heterocycles. The van der Waals surface area contributed by atoms with Crippen LogP contribution in [0.5, 0.6) is 0 Å². The predicted molar refractivity (Wildman–Crippen MR) is 503 cm³/mol. The second-order valence-corrected chi connectivity index (χ2v) is 33.7. The molecule has 9 aliphatic heterocycles. The number of ether oxygens (including phenoxy) is 7. The van der Waals surface area contributed by atoms with Crippen molar-refractivity contribution in [1.29, 1.82) is 15.8 Å². The van der Waals surface area contributed by atoms with Crippen molar-refractivity contribution in [3.63, 3.8) is 0 Å². The molecule has 23 rings (SSSR count). The number of anilines is 2. The Morgan fingerprint density at radius 3 is 0.765 bits per heavy atom. The zero-order chi connectivity index (χ0) is 94.1. The minimum Gasteiger partial charge on any atom is -0.386 e. The molecular formula is C107H93ClN12O16. The van der Waals surface area contributed by atoms with Crippen LogP contribution in [0.4, 0.5) is 11.4 Å². The summed E-state index contributed by atoms with van der Waals surface area (Å²) in [5.74, 6) is 0.131. The Bertz CT molecular complexity index is 6500. The highest BCUT2D eigenvalue weighted by Gasteiger charge is 2.31. The number of carbonyl (C=O) groups is 2. The van der Waals surface area contributed by atoms with Gasteiger partial charge in [-0.2, -0.15) is 15.8 Å². The van der Waals surface area contributed by atoms with Crippen LogP contribution in [0.25, 0.3) is 77.9 Å². The van der Waals surface area contributed by atoms with E-state index in [1.54, 1.807) is 98.4 Å². The number of benzene rings is 7. The molecule has 14 aromatic rings. The number of nitriles is 3. The van der Waals surface area contributed by atoms with Crippen molar-refractivity contribution >= 4 is 34.8 Å². The van der Waals surface area contributed by atoms with Crippen LogP contribution >= 0.6 is 11.6 Å². The minimum absolute atomic E-state index is 0.0653. The Kier molecular flexibility index (Phi) is 30.1. The van der Waals surface area contributed by atoms with E-state index in [4.69, 9.17) is 60.5 Å². The molecular weight excluding hydrogens is 1740 g/mol. The number of halogens is 1. The van der Waals surface area contributed by atoms with Gasteiger partial charge in [0, 0.05) is 189 Å². The summed E-state index contributed by atoms with van der Waals surface area (Å²) in [6, 6.07) is 58.2. The lowest BCUT2D eigenvalue weighted by molar-refractivity contribution is -0.117. The van der Waals surface area contributed by atoms with Crippen molar-refractivity contribution < 1.29 is 78.5 Å². The lowest BCUT2D eigenvalue weighted by atomic mass is 9.92. The van der Waals surface area contributed by atoms with Gasteiger partial charge in [-0.3, -0.25) is 44.5 Å². The van der Waals surface area contributed by atoms with Crippen molar-refractivity contribution in [2.75, 3.05) is 56.9 Å². The Hall–Kier alpha value is -14.3. The lowest BCUT2D eigenvalue weighted by Crippen LogP contribution is -2.19. The van der Waals surface area contributed by atoms with Gasteiger partial charge in [-0.1, -0.05) is 115 Å². The SMILES string of the molecule is N#Cc1ccc(-c2cncc3c2COCC3O)cc1.N#Cc1ccc(-c2cncc3c2COCC3O)cc1.N#Cc1ccc(-c2cncc3c2COCC3O)cc1Cl.O=C1CCc2cc(-c3cncc4c3COCC4O)ccc2N1.O=C1CCc2cc(-c3cncc4c3COCC4O)ccc2N1.OC1COCc2c(-c3ccccc3)cncc21.OC1COCc2c(-c3ccccc3)cncc21. The average Bonchev–Trinajstić information content (AvgIpc) is 0.978. The molecule has 7 aromatic carbocycles. The Morgan fingerprint density at radius 2 is 0.515 bits per heavy atom. The lowest BCUT2D eigenvalue weighted by Gasteiger charge is -2.24. The molecule has 0 fully saturated rings. The first kappa shape index (κ1) is 93.5. The smallest absolute Gasteiger partial charge is 0.224 e. The van der Waals surface area contributed by atoms with Gasteiger partial charge in [0.25, 0.3) is 0 Å². The molecule has 0 bridgehead atoms. The molecule has 0 saturated carbocycles. The molecule has 2 amide bonds. The van der Waals surface area contributed by atoms with Gasteiger partial charge in [0.1, 0.15) is 48.8 Å². The third-order valence-electron chi connectivity index (χ3n) is 24.6. The quantitative estimate of drug-likeness (QED) is 0.0715. The highest BCUT2D eigenvalue weighted by atomic mass is 35.5. The minimum atomic E-state index is -0.653. The number of pyridine rings is 7. The largest absolute Gasteiger partial charge is 0.386 e. The van der Waals surface area contributed by atoms with Crippen molar-refractivity contribution in [1.82, 2.24) is 34.9 Å². The number of aliphatic hydroxyl groups excluding tert-OH is 7. The highest BCUT2D eigenvalue weighted by Crippen LogP contribution is 2.42. The van der Waals surface area contributed by atoms with Crippen LogP contribution < -0.4 is 10.6 Å². The van der Waals surface area contributed by atoms with Crippen LogP contribution in [0.3, 0.4) is 0 Å². The van der Waals surface area contributed by atoms with Crippen molar-refractivity contribution in [3.05, 3.63) is 361 Å². The Labute approximate surface area is 788 Å². The summed E-state index contributed by atoms with van der Waals surface area (Å²) in [7, 11) is 0. The van der Waals surface area contributed by atoms with Crippen LogP contribution in [0.2, 0.25) is 5.02 Å². The topological polar surface area (TPSA) is 426 Å². The number of nitrogens with one attached hydrogen (secondary N) is 2. The van der Waals surface area contributed by atoms with Gasteiger partial charge in [-0.15, -0.1) is 0 Å². The molecule has 0 saturated heterocycles. The van der Waals surface area contributed by atoms with E-state index < -0.39 is 42.7 Å². The number of aryl methyl sites for hydroxylation is 2. The maximum Gasteiger partial charge on any atom is 0.224 e. The molecule has 0 spiro atoms. The first-order valence-electron chi connectivity index (χ1n) is 44.2. The van der Waals surface area contributed by atoms with E-state index in [1.165, 1.54) is 0 Å². The number of nitrogens with zero attached hydrogens (tertiary/aromatic N) is 10. The first-order valence-corrected chi connectivity index (χ1v) is 44.6. The van der Waals surface area contributed by atoms with Crippen molar-refractivity contribution in [2.45, 2.75) is 115 Å². The van der Waals surface area contributed by atoms with Crippen LogP contribution in [-0.4, -0.2) is 129 Å². The third kappa shape index (κ3) is 21.4. The number of aromatic nitrogens is 7. The molecule has 9 aliphatic rings. The number of hydrogen-bond donors (Lipinski definition) is 9. The number of amides is 2. The number of hydrogen-bond acceptors (Lipinski definition) is 26. The number of rotatable bonds is 7. The van der Waals surface area contributed by atoms with Gasteiger partial charge in [-0.05, 0) is 163 Å². The molecule has 0 radical (unpaired) electrons. The van der Waals surface area contributed by atoms with Crippen molar-refractivity contribution in [2.24, 2.45) is 0 Å². The predicted octanol–water partition coefficient (Wildman–Crippen LogP) is 16.2. The second kappa shape index (κ2) is 43.8. The number of aliphatic hydroxyl groups is 7. The summed E-state index contributed by atoms with van der Waals surface area (Å²) in [5.41, 5.74) is 32.5. The molecule has 9 N–H and O–H groups in total. The van der Waals surface area contributed by atoms with Crippen LogP contribution in [0, 0.1) is 34.0 Å². The van der Waals surface area contributed by atoms with E-state index in [1.807, 2.05) is 146 Å². The summed E-state index contributed by atoms with van der Waals surface area (Å²) in [5, 5.41) is 102. The maximum absolute atomic E-state index is 11.4. The van der Waals surface area contributed by atoms with Gasteiger partial charge in [0.05, 0.1) is 126 Å². The normalized spacial score (nSPS) is 18.6. The van der Waals surface area contributed by atoms with Gasteiger partial charge in [-0.25, -0.2) is 0 Å². The van der Waals surface area contributed by atoms with E-state index in [9.17, 15) is 45.3 Å². The van der Waals surface area contributed by atoms with Gasteiger partial charge >= 0.3 is 0 Å².